The molecular formula is C14H20N2O3. The summed E-state index contributed by atoms with van der Waals surface area (Å²) in [5, 5.41) is 11.6. The molecule has 1 amide bonds. The van der Waals surface area contributed by atoms with Crippen LogP contribution >= 0.6 is 0 Å². The number of hydrogen-bond donors (Lipinski definition) is 3. The molecule has 5 nitrogen and oxygen atoms in total. The number of aliphatic carboxylic acids is 1. The molecule has 0 saturated carbocycles. The fourth-order valence-corrected chi connectivity index (χ4v) is 1.74. The first-order valence-electron chi connectivity index (χ1n) is 6.30. The zero-order valence-corrected chi connectivity index (χ0v) is 11.0. The summed E-state index contributed by atoms with van der Waals surface area (Å²) in [6.07, 6.45) is 0.759. The highest BCUT2D eigenvalue weighted by atomic mass is 16.4. The lowest BCUT2D eigenvalue weighted by Crippen LogP contribution is -2.31. The summed E-state index contributed by atoms with van der Waals surface area (Å²) in [6, 6.07) is 8.55. The number of rotatable bonds is 7. The second kappa shape index (κ2) is 7.53. The zero-order chi connectivity index (χ0) is 14.3. The highest BCUT2D eigenvalue weighted by molar-refractivity contribution is 5.77. The summed E-state index contributed by atoms with van der Waals surface area (Å²) in [6.45, 7) is 1.83. The summed E-state index contributed by atoms with van der Waals surface area (Å²) < 4.78 is 0. The van der Waals surface area contributed by atoms with Crippen molar-refractivity contribution in [2.24, 2.45) is 5.73 Å². The molecule has 1 aromatic rings. The van der Waals surface area contributed by atoms with Crippen molar-refractivity contribution in [3.8, 4) is 0 Å². The molecule has 0 aromatic heterocycles. The maximum atomic E-state index is 11.8. The summed E-state index contributed by atoms with van der Waals surface area (Å²) in [7, 11) is 0. The minimum Gasteiger partial charge on any atom is -0.481 e. The number of nitrogens with two attached hydrogens (primary N) is 1. The van der Waals surface area contributed by atoms with Gasteiger partial charge in [-0.25, -0.2) is 0 Å². The van der Waals surface area contributed by atoms with E-state index in [2.05, 4.69) is 5.32 Å². The Morgan fingerprint density at radius 1 is 1.32 bits per heavy atom. The van der Waals surface area contributed by atoms with Gasteiger partial charge in [-0.2, -0.15) is 0 Å². The van der Waals surface area contributed by atoms with Crippen LogP contribution in [-0.4, -0.2) is 23.0 Å². The second-order valence-electron chi connectivity index (χ2n) is 4.64. The van der Waals surface area contributed by atoms with Crippen LogP contribution in [0, 0.1) is 0 Å². The van der Waals surface area contributed by atoms with E-state index in [9.17, 15) is 9.59 Å². The average Bonchev–Trinajstić information content (AvgIpc) is 2.36. The van der Waals surface area contributed by atoms with Gasteiger partial charge in [-0.15, -0.1) is 0 Å². The van der Waals surface area contributed by atoms with Crippen molar-refractivity contribution in [3.63, 3.8) is 0 Å². The van der Waals surface area contributed by atoms with Gasteiger partial charge >= 0.3 is 5.97 Å². The SMILES string of the molecule is CC(N)CCC(=O)NC(CC(=O)O)c1ccccc1. The van der Waals surface area contributed by atoms with Crippen LogP contribution in [0.1, 0.15) is 37.8 Å². The van der Waals surface area contributed by atoms with Gasteiger partial charge in [0.1, 0.15) is 0 Å². The van der Waals surface area contributed by atoms with E-state index in [1.54, 1.807) is 12.1 Å². The lowest BCUT2D eigenvalue weighted by molar-refractivity contribution is -0.137. The van der Waals surface area contributed by atoms with Gasteiger partial charge in [-0.05, 0) is 18.9 Å². The van der Waals surface area contributed by atoms with E-state index >= 15 is 0 Å². The summed E-state index contributed by atoms with van der Waals surface area (Å²) in [5.41, 5.74) is 6.38. The molecular weight excluding hydrogens is 244 g/mol. The molecule has 4 N–H and O–H groups in total. The molecule has 0 aliphatic rings. The first-order chi connectivity index (χ1) is 8.99. The van der Waals surface area contributed by atoms with E-state index in [4.69, 9.17) is 10.8 Å². The molecule has 5 heteroatoms. The number of carbonyl (C=O) groups excluding carboxylic acids is 1. The Morgan fingerprint density at radius 2 is 1.95 bits per heavy atom. The van der Waals surface area contributed by atoms with Crippen molar-refractivity contribution < 1.29 is 14.7 Å². The van der Waals surface area contributed by atoms with E-state index in [1.165, 1.54) is 0 Å². The smallest absolute Gasteiger partial charge is 0.305 e. The number of benzene rings is 1. The number of carboxylic acid groups (broad SMARTS) is 1. The fraction of sp³-hybridized carbons (Fsp3) is 0.429. The highest BCUT2D eigenvalue weighted by Gasteiger charge is 2.17. The second-order valence-corrected chi connectivity index (χ2v) is 4.64. The van der Waals surface area contributed by atoms with E-state index in [0.717, 1.165) is 5.56 Å². The Kier molecular flexibility index (Phi) is 6.02. The number of carboxylic acids is 1. The van der Waals surface area contributed by atoms with Crippen molar-refractivity contribution >= 4 is 11.9 Å². The largest absolute Gasteiger partial charge is 0.481 e. The quantitative estimate of drug-likeness (QED) is 0.695. The minimum atomic E-state index is -0.943. The van der Waals surface area contributed by atoms with Crippen molar-refractivity contribution in [1.29, 1.82) is 0 Å². The van der Waals surface area contributed by atoms with Crippen molar-refractivity contribution in [1.82, 2.24) is 5.32 Å². The van der Waals surface area contributed by atoms with Crippen LogP contribution in [0.15, 0.2) is 30.3 Å². The normalized spacial score (nSPS) is 13.6. The third kappa shape index (κ3) is 6.01. The third-order valence-corrected chi connectivity index (χ3v) is 2.74. The fourth-order valence-electron chi connectivity index (χ4n) is 1.74. The van der Waals surface area contributed by atoms with Gasteiger partial charge in [0, 0.05) is 12.5 Å². The number of hydrogen-bond acceptors (Lipinski definition) is 3. The van der Waals surface area contributed by atoms with Crippen LogP contribution in [0.2, 0.25) is 0 Å². The third-order valence-electron chi connectivity index (χ3n) is 2.74. The van der Waals surface area contributed by atoms with Crippen LogP contribution in [0.4, 0.5) is 0 Å². The molecule has 0 aliphatic heterocycles. The lowest BCUT2D eigenvalue weighted by atomic mass is 10.0. The van der Waals surface area contributed by atoms with Crippen LogP contribution in [0.25, 0.3) is 0 Å². The molecule has 1 aromatic carbocycles. The monoisotopic (exact) mass is 264 g/mol. The Balaban J connectivity index is 2.65. The standard InChI is InChI=1S/C14H20N2O3/c1-10(15)7-8-13(17)16-12(9-14(18)19)11-5-3-2-4-6-11/h2-6,10,12H,7-9,15H2,1H3,(H,16,17)(H,18,19). The average molecular weight is 264 g/mol. The Labute approximate surface area is 112 Å². The molecule has 0 saturated heterocycles. The van der Waals surface area contributed by atoms with Crippen molar-refractivity contribution in [2.75, 3.05) is 0 Å². The molecule has 0 radical (unpaired) electrons. The van der Waals surface area contributed by atoms with Crippen LogP contribution < -0.4 is 11.1 Å². The van der Waals surface area contributed by atoms with Crippen LogP contribution in [0.5, 0.6) is 0 Å². The van der Waals surface area contributed by atoms with Gasteiger partial charge in [0.05, 0.1) is 12.5 Å². The topological polar surface area (TPSA) is 92.4 Å². The summed E-state index contributed by atoms with van der Waals surface area (Å²) >= 11 is 0. The Hall–Kier alpha value is -1.88. The maximum absolute atomic E-state index is 11.8. The van der Waals surface area contributed by atoms with Gasteiger partial charge in [-0.1, -0.05) is 30.3 Å². The van der Waals surface area contributed by atoms with Crippen LogP contribution in [0.3, 0.4) is 0 Å². The molecule has 19 heavy (non-hydrogen) atoms. The number of carbonyl (C=O) groups is 2. The lowest BCUT2D eigenvalue weighted by Gasteiger charge is -2.17. The first kappa shape index (κ1) is 15.2. The molecule has 0 heterocycles. The van der Waals surface area contributed by atoms with E-state index < -0.39 is 12.0 Å². The Bertz CT molecular complexity index is 418. The molecule has 2 atom stereocenters. The zero-order valence-electron chi connectivity index (χ0n) is 11.0. The van der Waals surface area contributed by atoms with E-state index in [0.29, 0.717) is 12.8 Å². The Morgan fingerprint density at radius 3 is 2.47 bits per heavy atom. The summed E-state index contributed by atoms with van der Waals surface area (Å²) in [4.78, 5) is 22.6. The van der Waals surface area contributed by atoms with Crippen molar-refractivity contribution in [3.05, 3.63) is 35.9 Å². The predicted octanol–water partition coefficient (Wildman–Crippen LogP) is 1.45. The van der Waals surface area contributed by atoms with Gasteiger partial charge in [-0.3, -0.25) is 9.59 Å². The van der Waals surface area contributed by atoms with Gasteiger partial charge in [0.2, 0.25) is 5.91 Å². The van der Waals surface area contributed by atoms with Gasteiger partial charge in [0.15, 0.2) is 0 Å². The maximum Gasteiger partial charge on any atom is 0.305 e. The molecule has 1 rings (SSSR count). The van der Waals surface area contributed by atoms with E-state index in [-0.39, 0.29) is 18.4 Å². The highest BCUT2D eigenvalue weighted by Crippen LogP contribution is 2.16. The molecule has 0 bridgehead atoms. The molecule has 0 fully saturated rings. The van der Waals surface area contributed by atoms with Crippen LogP contribution in [-0.2, 0) is 9.59 Å². The van der Waals surface area contributed by atoms with Gasteiger partial charge in [0.25, 0.3) is 0 Å². The van der Waals surface area contributed by atoms with E-state index in [1.807, 2.05) is 25.1 Å². The molecule has 104 valence electrons. The van der Waals surface area contributed by atoms with Crippen molar-refractivity contribution in [2.45, 2.75) is 38.3 Å². The predicted molar refractivity (Wildman–Crippen MR) is 72.5 cm³/mol. The molecule has 2 unspecified atom stereocenters. The minimum absolute atomic E-state index is 0.0413. The number of amides is 1. The van der Waals surface area contributed by atoms with Gasteiger partial charge < -0.3 is 16.2 Å². The number of nitrogens with one attached hydrogen (secondary N) is 1. The molecule has 0 aliphatic carbocycles. The summed E-state index contributed by atoms with van der Waals surface area (Å²) in [5.74, 6) is -1.12. The first-order valence-corrected chi connectivity index (χ1v) is 6.30. The molecule has 0 spiro atoms.